The second-order valence-corrected chi connectivity index (χ2v) is 14.4. The smallest absolute Gasteiger partial charge is 0.143 e. The van der Waals surface area contributed by atoms with E-state index in [9.17, 15) is 12.3 Å². The summed E-state index contributed by atoms with van der Waals surface area (Å²) in [4.78, 5) is 0.953. The molecule has 0 radical (unpaired) electrons. The van der Waals surface area contributed by atoms with Gasteiger partial charge in [-0.3, -0.25) is 0 Å². The van der Waals surface area contributed by atoms with Gasteiger partial charge in [0.05, 0.1) is 46.9 Å². The molecule has 0 spiro atoms. The average Bonchev–Trinajstić information content (AvgIpc) is 1.50. The summed E-state index contributed by atoms with van der Waals surface area (Å²) in [6.45, 7) is 0. The number of hydrogen-bond donors (Lipinski definition) is 0. The van der Waals surface area contributed by atoms with Crippen molar-refractivity contribution in [2.24, 2.45) is 0 Å². The highest BCUT2D eigenvalue weighted by Crippen LogP contribution is 2.47. The quantitative estimate of drug-likeness (QED) is 0.152. The molecule has 296 valence electrons. The zero-order valence-corrected chi connectivity index (χ0v) is 32.7. The zero-order valence-electron chi connectivity index (χ0n) is 54.7. The molecule has 0 aliphatic heterocycles. The number of anilines is 3. The summed E-state index contributed by atoms with van der Waals surface area (Å²) in [5.41, 5.74) is -2.48. The summed E-state index contributed by atoms with van der Waals surface area (Å²) in [6.07, 6.45) is 0. The molecule has 10 aromatic carbocycles. The lowest BCUT2D eigenvalue weighted by Gasteiger charge is -2.29. The maximum Gasteiger partial charge on any atom is 0.143 e. The third kappa shape index (κ3) is 6.38. The molecule has 2 aromatic heterocycles. The van der Waals surface area contributed by atoms with Crippen LogP contribution in [0.2, 0.25) is 0 Å². The van der Waals surface area contributed by atoms with Gasteiger partial charge in [0.1, 0.15) is 11.2 Å². The maximum absolute atomic E-state index is 10.2. The van der Waals surface area contributed by atoms with Crippen LogP contribution >= 0.6 is 0 Å². The van der Waals surface area contributed by atoms with E-state index in [1.807, 2.05) is 66.7 Å². The van der Waals surface area contributed by atoms with Crippen molar-refractivity contribution in [3.05, 3.63) is 242 Å². The van der Waals surface area contributed by atoms with Crippen LogP contribution in [0.15, 0.2) is 247 Å². The van der Waals surface area contributed by atoms with Crippen LogP contribution in [-0.4, -0.2) is 4.57 Å². The van der Waals surface area contributed by atoms with Crippen molar-refractivity contribution in [3.63, 3.8) is 0 Å². The molecule has 12 rings (SSSR count). The molecule has 0 bridgehead atoms. The van der Waals surface area contributed by atoms with E-state index in [1.54, 1.807) is 30.3 Å². The predicted octanol–water partition coefficient (Wildman–Crippen LogP) is 16.8. The fraction of sp³-hybridized carbons (Fsp3) is 0. The van der Waals surface area contributed by atoms with Gasteiger partial charge in [-0.15, -0.1) is 0 Å². The summed E-state index contributed by atoms with van der Waals surface area (Å²) in [7, 11) is 0. The molecule has 3 nitrogen and oxygen atoms in total. The minimum Gasteiger partial charge on any atom is -0.455 e. The van der Waals surface area contributed by atoms with Gasteiger partial charge < -0.3 is 13.9 Å². The topological polar surface area (TPSA) is 21.3 Å². The minimum absolute atomic E-state index is 0.177. The standard InChI is InChI=1S/C60H40N2O/c1-4-17-41(18-5-1)43-31-34-47(35-32-43)61(58-36-33-45(42-19-6-2-7-20-42)38-53(58)44-21-8-3-9-22-44)49-39-54(60-55(40-49)52-27-12-15-30-59(52)63-60)46-23-16-24-48(37-46)62-56-28-13-10-25-50(56)51-26-11-14-29-57(51)62/h1-40H/i1D,2D,3D,4D,5D,6D,7D,8D,9D,17D,18D,19D,20D,21D,22D,31D,32D,33D,34D,35D,36D,38D. The molecule has 0 N–H and O–H groups in total. The van der Waals surface area contributed by atoms with Gasteiger partial charge in [0.25, 0.3) is 0 Å². The first-order chi connectivity index (χ1) is 40.4. The van der Waals surface area contributed by atoms with Gasteiger partial charge in [0.15, 0.2) is 0 Å². The van der Waals surface area contributed by atoms with E-state index in [0.29, 0.717) is 33.2 Å². The summed E-state index contributed by atoms with van der Waals surface area (Å²) in [5, 5.41) is 2.77. The number of furan rings is 1. The van der Waals surface area contributed by atoms with Crippen molar-refractivity contribution >= 4 is 60.8 Å². The number of para-hydroxylation sites is 3. The Labute approximate surface area is 396 Å². The molecule has 3 heteroatoms. The Morgan fingerprint density at radius 1 is 0.397 bits per heavy atom. The van der Waals surface area contributed by atoms with Crippen molar-refractivity contribution in [3.8, 4) is 50.2 Å². The van der Waals surface area contributed by atoms with E-state index in [4.69, 9.17) is 22.2 Å². The Hall–Kier alpha value is -8.40. The van der Waals surface area contributed by atoms with E-state index < -0.39 is 178 Å². The number of aromatic nitrogens is 1. The maximum atomic E-state index is 10.2. The molecule has 12 aromatic rings. The lowest BCUT2D eigenvalue weighted by molar-refractivity contribution is 0.670. The van der Waals surface area contributed by atoms with E-state index in [-0.39, 0.29) is 11.3 Å². The third-order valence-corrected chi connectivity index (χ3v) is 10.8. The molecule has 0 aliphatic rings. The predicted molar refractivity (Wildman–Crippen MR) is 264 cm³/mol. The van der Waals surface area contributed by atoms with Gasteiger partial charge in [0.2, 0.25) is 0 Å². The Balaban J connectivity index is 1.28. The number of benzene rings is 10. The largest absolute Gasteiger partial charge is 0.455 e. The first kappa shape index (κ1) is 20.4. The monoisotopic (exact) mass is 826 g/mol. The van der Waals surface area contributed by atoms with Crippen LogP contribution in [0.3, 0.4) is 0 Å². The fourth-order valence-electron chi connectivity index (χ4n) is 8.08. The van der Waals surface area contributed by atoms with Crippen LogP contribution in [0.1, 0.15) is 30.2 Å². The summed E-state index contributed by atoms with van der Waals surface area (Å²) in [5.74, 6) is 0. The Kier molecular flexibility index (Phi) is 4.95. The number of rotatable bonds is 8. The van der Waals surface area contributed by atoms with Gasteiger partial charge in [-0.25, -0.2) is 0 Å². The van der Waals surface area contributed by atoms with Crippen molar-refractivity contribution in [1.82, 2.24) is 4.57 Å². The van der Waals surface area contributed by atoms with Gasteiger partial charge >= 0.3 is 0 Å². The Morgan fingerprint density at radius 3 is 1.65 bits per heavy atom. The van der Waals surface area contributed by atoms with Crippen molar-refractivity contribution in [2.75, 3.05) is 4.90 Å². The third-order valence-electron chi connectivity index (χ3n) is 10.8. The van der Waals surface area contributed by atoms with Crippen LogP contribution in [0.4, 0.5) is 17.1 Å². The molecule has 0 aliphatic carbocycles. The molecule has 2 heterocycles. The summed E-state index contributed by atoms with van der Waals surface area (Å²) >= 11 is 0. The molecule has 63 heavy (non-hydrogen) atoms. The average molecular weight is 827 g/mol. The lowest BCUT2D eigenvalue weighted by Crippen LogP contribution is -2.11. The second-order valence-electron chi connectivity index (χ2n) is 14.4. The lowest BCUT2D eigenvalue weighted by atomic mass is 9.95. The summed E-state index contributed by atoms with van der Waals surface area (Å²) in [6, 6.07) is 12.6. The molecule has 0 saturated carbocycles. The number of nitrogens with zero attached hydrogens (tertiary/aromatic N) is 2. The van der Waals surface area contributed by atoms with Crippen molar-refractivity contribution in [1.29, 1.82) is 0 Å². The summed E-state index contributed by atoms with van der Waals surface area (Å²) < 4.78 is 210. The molecule has 0 amide bonds. The SMILES string of the molecule is [2H]c1c([2H])c([2H])c(-c2c([2H])c([2H])c(N(c3cc(-c4cccc(-n5c6ccccc6c6ccccc65)c4)c4oc5ccccc5c4c3)c3c([2H])c([2H])c(-c4c([2H])c([2H])c([2H])c([2H])c4[2H])c([2H])c3-c3c([2H])c([2H])c([2H])c([2H])c3[2H])c([2H])c2[2H])c([2H])c1[2H]. The van der Waals surface area contributed by atoms with E-state index in [0.717, 1.165) is 26.7 Å². The minimum atomic E-state index is -1.03. The van der Waals surface area contributed by atoms with Gasteiger partial charge in [-0.2, -0.15) is 0 Å². The molecule has 0 unspecified atom stereocenters. The van der Waals surface area contributed by atoms with Crippen LogP contribution in [-0.2, 0) is 0 Å². The highest BCUT2D eigenvalue weighted by atomic mass is 16.3. The van der Waals surface area contributed by atoms with Gasteiger partial charge in [-0.05, 0) is 100 Å². The van der Waals surface area contributed by atoms with Crippen molar-refractivity contribution < 1.29 is 34.6 Å². The fourth-order valence-corrected chi connectivity index (χ4v) is 8.08. The Morgan fingerprint density at radius 2 is 0.968 bits per heavy atom. The molecular formula is C60H40N2O. The van der Waals surface area contributed by atoms with E-state index in [2.05, 4.69) is 4.57 Å². The zero-order chi connectivity index (χ0) is 60.8. The number of hydrogen-bond acceptors (Lipinski definition) is 2. The van der Waals surface area contributed by atoms with Gasteiger partial charge in [0, 0.05) is 49.7 Å². The normalized spacial score (nSPS) is 16.4. The second kappa shape index (κ2) is 15.3. The van der Waals surface area contributed by atoms with Crippen LogP contribution < -0.4 is 4.90 Å². The number of fused-ring (bicyclic) bond motifs is 6. The van der Waals surface area contributed by atoms with E-state index in [1.165, 1.54) is 12.1 Å². The van der Waals surface area contributed by atoms with E-state index >= 15 is 0 Å². The van der Waals surface area contributed by atoms with Crippen molar-refractivity contribution in [2.45, 2.75) is 0 Å². The Bertz CT molecular complexity index is 4790. The first-order valence-corrected chi connectivity index (χ1v) is 19.7. The molecule has 0 atom stereocenters. The van der Waals surface area contributed by atoms with Crippen LogP contribution in [0.25, 0.3) is 93.9 Å². The highest BCUT2D eigenvalue weighted by molar-refractivity contribution is 6.13. The first-order valence-electron chi connectivity index (χ1n) is 30.7. The highest BCUT2D eigenvalue weighted by Gasteiger charge is 2.23. The molecule has 0 fully saturated rings. The van der Waals surface area contributed by atoms with Gasteiger partial charge in [-0.1, -0.05) is 175 Å². The van der Waals surface area contributed by atoms with Crippen LogP contribution in [0.5, 0.6) is 0 Å². The molecule has 0 saturated heterocycles. The molecular weight excluding hydrogens is 765 g/mol. The van der Waals surface area contributed by atoms with Crippen LogP contribution in [0, 0.1) is 0 Å².